The SMILES string of the molecule is N=S(=O)(F)c1cccc(S(=N)(=O)F)c1. The molecule has 14 heavy (non-hydrogen) atoms. The first-order chi connectivity index (χ1) is 6.21. The van der Waals surface area contributed by atoms with Crippen molar-refractivity contribution in [2.75, 3.05) is 0 Å². The van der Waals surface area contributed by atoms with Gasteiger partial charge in [0.25, 0.3) is 0 Å². The molecule has 0 aliphatic carbocycles. The van der Waals surface area contributed by atoms with Crippen molar-refractivity contribution < 1.29 is 16.2 Å². The van der Waals surface area contributed by atoms with Crippen LogP contribution in [0.25, 0.3) is 0 Å². The molecule has 0 saturated heterocycles. The second kappa shape index (κ2) is 3.28. The Labute approximate surface area is 80.5 Å². The molecular weight excluding hydrogens is 234 g/mol. The summed E-state index contributed by atoms with van der Waals surface area (Å²) in [5.74, 6) is 0. The van der Waals surface area contributed by atoms with Gasteiger partial charge in [-0.25, -0.2) is 18.0 Å². The van der Waals surface area contributed by atoms with Crippen molar-refractivity contribution in [2.45, 2.75) is 9.79 Å². The Bertz CT molecular complexity index is 504. The van der Waals surface area contributed by atoms with E-state index in [0.717, 1.165) is 18.2 Å². The molecule has 1 rings (SSSR count). The Hall–Kier alpha value is -1.02. The monoisotopic (exact) mass is 240 g/mol. The van der Waals surface area contributed by atoms with Crippen LogP contribution in [0.3, 0.4) is 0 Å². The van der Waals surface area contributed by atoms with Gasteiger partial charge >= 0.3 is 0 Å². The Balaban J connectivity index is 3.44. The zero-order valence-electron chi connectivity index (χ0n) is 6.70. The fourth-order valence-corrected chi connectivity index (χ4v) is 1.94. The summed E-state index contributed by atoms with van der Waals surface area (Å²) in [6.45, 7) is 0. The van der Waals surface area contributed by atoms with Crippen LogP contribution in [0.15, 0.2) is 34.1 Å². The summed E-state index contributed by atoms with van der Waals surface area (Å²) in [5, 5.41) is 0. The van der Waals surface area contributed by atoms with Gasteiger partial charge in [0.2, 0.25) is 20.2 Å². The molecule has 1 aromatic rings. The summed E-state index contributed by atoms with van der Waals surface area (Å²) < 4.78 is 59.5. The summed E-state index contributed by atoms with van der Waals surface area (Å²) >= 11 is 0. The molecule has 2 N–H and O–H groups in total. The lowest BCUT2D eigenvalue weighted by Gasteiger charge is -2.00. The lowest BCUT2D eigenvalue weighted by atomic mass is 10.4. The van der Waals surface area contributed by atoms with Gasteiger partial charge < -0.3 is 0 Å². The summed E-state index contributed by atoms with van der Waals surface area (Å²) in [6, 6.07) is 3.75. The maximum absolute atomic E-state index is 12.6. The van der Waals surface area contributed by atoms with Crippen molar-refractivity contribution in [2.24, 2.45) is 0 Å². The molecule has 0 amide bonds. The molecule has 78 valence electrons. The number of nitrogens with one attached hydrogen (secondary N) is 2. The van der Waals surface area contributed by atoms with Gasteiger partial charge in [-0.1, -0.05) is 6.07 Å². The highest BCUT2D eigenvalue weighted by Crippen LogP contribution is 2.19. The van der Waals surface area contributed by atoms with E-state index in [0.29, 0.717) is 6.07 Å². The Morgan fingerprint density at radius 2 is 1.36 bits per heavy atom. The van der Waals surface area contributed by atoms with E-state index in [4.69, 9.17) is 9.56 Å². The number of halogens is 2. The normalized spacial score (nSPS) is 19.6. The lowest BCUT2D eigenvalue weighted by Crippen LogP contribution is -1.94. The minimum Gasteiger partial charge on any atom is -0.222 e. The highest BCUT2D eigenvalue weighted by Gasteiger charge is 2.13. The maximum atomic E-state index is 12.6. The minimum absolute atomic E-state index is 0.590. The topological polar surface area (TPSA) is 81.8 Å². The number of hydrogen-bond donors (Lipinski definition) is 2. The highest BCUT2D eigenvalue weighted by molar-refractivity contribution is 7.88. The largest absolute Gasteiger partial charge is 0.228 e. The first kappa shape index (κ1) is 11.1. The molecule has 0 bridgehead atoms. The number of benzene rings is 1. The zero-order valence-corrected chi connectivity index (χ0v) is 8.33. The predicted octanol–water partition coefficient (Wildman–Crippen LogP) is 2.27. The van der Waals surface area contributed by atoms with E-state index < -0.39 is 30.0 Å². The summed E-state index contributed by atoms with van der Waals surface area (Å²) in [7, 11) is -8.92. The third-order valence-corrected chi connectivity index (χ3v) is 3.13. The van der Waals surface area contributed by atoms with Gasteiger partial charge in [-0.15, -0.1) is 7.77 Å². The molecule has 0 saturated carbocycles. The van der Waals surface area contributed by atoms with Crippen LogP contribution < -0.4 is 0 Å². The maximum Gasteiger partial charge on any atom is 0.228 e. The van der Waals surface area contributed by atoms with Gasteiger partial charge in [-0.05, 0) is 18.2 Å². The summed E-state index contributed by atoms with van der Waals surface area (Å²) in [5.41, 5.74) is 0. The van der Waals surface area contributed by atoms with Crippen molar-refractivity contribution in [3.63, 3.8) is 0 Å². The molecule has 1 aromatic carbocycles. The van der Waals surface area contributed by atoms with Gasteiger partial charge in [0.1, 0.15) is 0 Å². The second-order valence-corrected chi connectivity index (χ2v) is 5.33. The van der Waals surface area contributed by atoms with E-state index in [2.05, 4.69) is 0 Å². The molecule has 0 spiro atoms. The molecule has 0 heterocycles. The van der Waals surface area contributed by atoms with Crippen LogP contribution in [0, 0.1) is 9.56 Å². The summed E-state index contributed by atoms with van der Waals surface area (Å²) in [6.07, 6.45) is 0. The van der Waals surface area contributed by atoms with Crippen molar-refractivity contribution >= 4 is 20.2 Å². The molecular formula is C6H6F2N2O2S2. The molecule has 0 fully saturated rings. The zero-order chi connectivity index (χ0) is 11.0. The van der Waals surface area contributed by atoms with E-state index in [1.807, 2.05) is 0 Å². The van der Waals surface area contributed by atoms with Crippen LogP contribution in [-0.4, -0.2) is 8.42 Å². The predicted molar refractivity (Wildman–Crippen MR) is 46.9 cm³/mol. The van der Waals surface area contributed by atoms with E-state index in [-0.39, 0.29) is 0 Å². The smallest absolute Gasteiger partial charge is 0.222 e. The Kier molecular flexibility index (Phi) is 2.59. The molecule has 0 radical (unpaired) electrons. The van der Waals surface area contributed by atoms with Crippen LogP contribution in [-0.2, 0) is 20.2 Å². The molecule has 2 atom stereocenters. The minimum atomic E-state index is -4.46. The van der Waals surface area contributed by atoms with Gasteiger partial charge in [-0.3, -0.25) is 0 Å². The van der Waals surface area contributed by atoms with E-state index in [9.17, 15) is 16.2 Å². The van der Waals surface area contributed by atoms with E-state index in [1.165, 1.54) is 0 Å². The molecule has 0 aromatic heterocycles. The first-order valence-electron chi connectivity index (χ1n) is 3.28. The average molecular weight is 240 g/mol. The van der Waals surface area contributed by atoms with Gasteiger partial charge in [0.05, 0.1) is 9.79 Å². The van der Waals surface area contributed by atoms with E-state index in [1.54, 1.807) is 0 Å². The summed E-state index contributed by atoms with van der Waals surface area (Å²) in [4.78, 5) is -1.18. The average Bonchev–Trinajstić information content (AvgIpc) is 2.01. The fourth-order valence-electron chi connectivity index (χ4n) is 0.801. The van der Waals surface area contributed by atoms with Crippen LogP contribution >= 0.6 is 0 Å². The third-order valence-electron chi connectivity index (χ3n) is 1.41. The molecule has 8 heteroatoms. The van der Waals surface area contributed by atoms with Crippen LogP contribution in [0.4, 0.5) is 7.77 Å². The van der Waals surface area contributed by atoms with Crippen molar-refractivity contribution in [1.82, 2.24) is 0 Å². The molecule has 0 aliphatic heterocycles. The fraction of sp³-hybridized carbons (Fsp3) is 0. The van der Waals surface area contributed by atoms with Crippen molar-refractivity contribution in [3.8, 4) is 0 Å². The van der Waals surface area contributed by atoms with Crippen LogP contribution in [0.2, 0.25) is 0 Å². The van der Waals surface area contributed by atoms with Crippen molar-refractivity contribution in [3.05, 3.63) is 24.3 Å². The van der Waals surface area contributed by atoms with Gasteiger partial charge in [0, 0.05) is 0 Å². The highest BCUT2D eigenvalue weighted by atomic mass is 32.3. The Morgan fingerprint density at radius 3 is 1.64 bits per heavy atom. The van der Waals surface area contributed by atoms with E-state index >= 15 is 0 Å². The Morgan fingerprint density at radius 1 is 1.00 bits per heavy atom. The molecule has 4 nitrogen and oxygen atoms in total. The van der Waals surface area contributed by atoms with Crippen LogP contribution in [0.1, 0.15) is 0 Å². The standard InChI is InChI=1S/C6H6F2N2O2S2/c7-13(9,11)5-2-1-3-6(4-5)14(8,10)12/h1-4,9-10H. The van der Waals surface area contributed by atoms with Gasteiger partial charge in [-0.2, -0.15) is 0 Å². The first-order valence-corrected chi connectivity index (χ1v) is 6.20. The number of rotatable bonds is 2. The van der Waals surface area contributed by atoms with Crippen molar-refractivity contribution in [1.29, 1.82) is 9.56 Å². The molecule has 2 unspecified atom stereocenters. The third kappa shape index (κ3) is 2.48. The lowest BCUT2D eigenvalue weighted by molar-refractivity contribution is 0.633. The second-order valence-electron chi connectivity index (χ2n) is 2.45. The molecule has 0 aliphatic rings. The number of hydrogen-bond acceptors (Lipinski definition) is 4. The quantitative estimate of drug-likeness (QED) is 0.777. The van der Waals surface area contributed by atoms with Gasteiger partial charge in [0.15, 0.2) is 0 Å². The van der Waals surface area contributed by atoms with Crippen LogP contribution in [0.5, 0.6) is 0 Å².